The second-order valence-corrected chi connectivity index (χ2v) is 7.65. The van der Waals surface area contributed by atoms with Crippen molar-refractivity contribution in [3.8, 4) is 5.69 Å². The first-order valence-corrected chi connectivity index (χ1v) is 10.1. The molecule has 1 aliphatic heterocycles. The number of nitrogens with zero attached hydrogens (tertiary/aromatic N) is 1. The van der Waals surface area contributed by atoms with Crippen LogP contribution in [-0.2, 0) is 10.2 Å². The number of nitrogens with one attached hydrogen (secondary N) is 3. The van der Waals surface area contributed by atoms with Gasteiger partial charge in [-0.3, -0.25) is 4.57 Å². The summed E-state index contributed by atoms with van der Waals surface area (Å²) in [7, 11) is 0. The highest BCUT2D eigenvalue weighted by Crippen LogP contribution is 2.34. The van der Waals surface area contributed by atoms with E-state index in [-0.39, 0.29) is 17.1 Å². The topological polar surface area (TPSA) is 88.2 Å². The van der Waals surface area contributed by atoms with Crippen LogP contribution in [0.4, 0.5) is 10.5 Å². The molecule has 0 bridgehead atoms. The number of rotatable bonds is 5. The Hall–Kier alpha value is -3.32. The summed E-state index contributed by atoms with van der Waals surface area (Å²) in [5, 5.41) is 5.95. The maximum atomic E-state index is 12.8. The number of imidazole rings is 1. The van der Waals surface area contributed by atoms with Crippen molar-refractivity contribution in [1.82, 2.24) is 14.9 Å². The first-order valence-electron chi connectivity index (χ1n) is 10.1. The van der Waals surface area contributed by atoms with Gasteiger partial charge in [-0.15, -0.1) is 0 Å². The number of urea groups is 1. The zero-order chi connectivity index (χ0) is 21.0. The summed E-state index contributed by atoms with van der Waals surface area (Å²) in [5.74, 6) is 0. The number of H-pyrrole nitrogens is 1. The van der Waals surface area contributed by atoms with Crippen molar-refractivity contribution in [3.63, 3.8) is 0 Å². The SMILES string of the molecule is Cc1c[nH]c(=O)n1-c1ccccc1NC(=O)NCC1(c2ccccc2)CCOCC1. The van der Waals surface area contributed by atoms with Gasteiger partial charge in [0.25, 0.3) is 0 Å². The molecule has 156 valence electrons. The van der Waals surface area contributed by atoms with Gasteiger partial charge in [0.15, 0.2) is 0 Å². The standard InChI is InChI=1S/C23H26N4O3/c1-17-15-24-22(29)27(17)20-10-6-5-9-19(20)26-21(28)25-16-23(11-13-30-14-12-23)18-7-3-2-4-8-18/h2-10,15H,11-14,16H2,1H3,(H,24,29)(H2,25,26,28). The first kappa shape index (κ1) is 20.0. The van der Waals surface area contributed by atoms with Crippen LogP contribution in [0.2, 0.25) is 0 Å². The number of carbonyl (C=O) groups excluding carboxylic acids is 1. The molecule has 0 aliphatic carbocycles. The van der Waals surface area contributed by atoms with Crippen molar-refractivity contribution < 1.29 is 9.53 Å². The highest BCUT2D eigenvalue weighted by molar-refractivity contribution is 5.91. The van der Waals surface area contributed by atoms with E-state index < -0.39 is 0 Å². The summed E-state index contributed by atoms with van der Waals surface area (Å²) < 4.78 is 7.11. The van der Waals surface area contributed by atoms with E-state index in [9.17, 15) is 9.59 Å². The minimum atomic E-state index is -0.300. The number of benzene rings is 2. The predicted octanol–water partition coefficient (Wildman–Crippen LogP) is 3.34. The number of amides is 2. The molecule has 0 radical (unpaired) electrons. The Labute approximate surface area is 175 Å². The number of hydrogen-bond acceptors (Lipinski definition) is 3. The molecule has 1 saturated heterocycles. The van der Waals surface area contributed by atoms with Gasteiger partial charge >= 0.3 is 11.7 Å². The third-order valence-electron chi connectivity index (χ3n) is 5.78. The largest absolute Gasteiger partial charge is 0.381 e. The first-order chi connectivity index (χ1) is 14.6. The van der Waals surface area contributed by atoms with Crippen LogP contribution in [0.5, 0.6) is 0 Å². The summed E-state index contributed by atoms with van der Waals surface area (Å²) in [6.45, 7) is 3.70. The molecule has 4 rings (SSSR count). The molecule has 0 spiro atoms. The molecular weight excluding hydrogens is 380 g/mol. The van der Waals surface area contributed by atoms with Crippen molar-refractivity contribution >= 4 is 11.7 Å². The fourth-order valence-electron chi connectivity index (χ4n) is 4.07. The van der Waals surface area contributed by atoms with Crippen LogP contribution in [-0.4, -0.2) is 35.3 Å². The average molecular weight is 406 g/mol. The van der Waals surface area contributed by atoms with Gasteiger partial charge in [-0.2, -0.15) is 0 Å². The Kier molecular flexibility index (Phi) is 5.72. The second kappa shape index (κ2) is 8.59. The number of aryl methyl sites for hydroxylation is 1. The lowest BCUT2D eigenvalue weighted by molar-refractivity contribution is 0.0508. The summed E-state index contributed by atoms with van der Waals surface area (Å²) in [4.78, 5) is 27.6. The van der Waals surface area contributed by atoms with Gasteiger partial charge in [-0.05, 0) is 37.5 Å². The van der Waals surface area contributed by atoms with Gasteiger partial charge in [-0.1, -0.05) is 42.5 Å². The summed E-state index contributed by atoms with van der Waals surface area (Å²) >= 11 is 0. The van der Waals surface area contributed by atoms with Crippen molar-refractivity contribution in [2.75, 3.05) is 25.1 Å². The Balaban J connectivity index is 1.51. The highest BCUT2D eigenvalue weighted by atomic mass is 16.5. The highest BCUT2D eigenvalue weighted by Gasteiger charge is 2.34. The van der Waals surface area contributed by atoms with Crippen LogP contribution < -0.4 is 16.3 Å². The quantitative estimate of drug-likeness (QED) is 0.607. The summed E-state index contributed by atoms with van der Waals surface area (Å²) in [5.41, 5.74) is 2.78. The maximum absolute atomic E-state index is 12.8. The smallest absolute Gasteiger partial charge is 0.330 e. The van der Waals surface area contributed by atoms with E-state index in [1.165, 1.54) is 5.56 Å². The zero-order valence-electron chi connectivity index (χ0n) is 17.0. The van der Waals surface area contributed by atoms with Crippen molar-refractivity contribution in [2.45, 2.75) is 25.2 Å². The van der Waals surface area contributed by atoms with Crippen LogP contribution in [0.15, 0.2) is 65.6 Å². The number of para-hydroxylation sites is 2. The number of ether oxygens (including phenoxy) is 1. The summed E-state index contributed by atoms with van der Waals surface area (Å²) in [6, 6.07) is 17.2. The molecular formula is C23H26N4O3. The molecule has 2 aromatic carbocycles. The number of carbonyl (C=O) groups is 1. The molecule has 7 heteroatoms. The lowest BCUT2D eigenvalue weighted by Gasteiger charge is -2.38. The average Bonchev–Trinajstić information content (AvgIpc) is 3.12. The van der Waals surface area contributed by atoms with Crippen LogP contribution in [0.3, 0.4) is 0 Å². The Bertz CT molecular complexity index is 1070. The minimum absolute atomic E-state index is 0.148. The van der Waals surface area contributed by atoms with E-state index in [2.05, 4.69) is 27.8 Å². The minimum Gasteiger partial charge on any atom is -0.381 e. The Morgan fingerprint density at radius 2 is 1.80 bits per heavy atom. The second-order valence-electron chi connectivity index (χ2n) is 7.65. The molecule has 0 atom stereocenters. The lowest BCUT2D eigenvalue weighted by atomic mass is 9.74. The third kappa shape index (κ3) is 4.02. The van der Waals surface area contributed by atoms with E-state index in [1.807, 2.05) is 43.3 Å². The van der Waals surface area contributed by atoms with Crippen LogP contribution in [0, 0.1) is 6.92 Å². The molecule has 0 saturated carbocycles. The van der Waals surface area contributed by atoms with Crippen molar-refractivity contribution in [3.05, 3.63) is 82.5 Å². The Morgan fingerprint density at radius 3 is 2.50 bits per heavy atom. The predicted molar refractivity (Wildman–Crippen MR) is 116 cm³/mol. The molecule has 30 heavy (non-hydrogen) atoms. The van der Waals surface area contributed by atoms with E-state index in [0.717, 1.165) is 18.5 Å². The molecule has 1 aliphatic rings. The molecule has 2 heterocycles. The van der Waals surface area contributed by atoms with E-state index >= 15 is 0 Å². The molecule has 1 fully saturated rings. The number of anilines is 1. The van der Waals surface area contributed by atoms with Gasteiger partial charge in [-0.25, -0.2) is 9.59 Å². The molecule has 2 amide bonds. The Morgan fingerprint density at radius 1 is 1.10 bits per heavy atom. The fourth-order valence-corrected chi connectivity index (χ4v) is 4.07. The molecule has 3 N–H and O–H groups in total. The molecule has 3 aromatic rings. The zero-order valence-corrected chi connectivity index (χ0v) is 17.0. The van der Waals surface area contributed by atoms with Gasteiger partial charge in [0.2, 0.25) is 0 Å². The van der Waals surface area contributed by atoms with E-state index in [0.29, 0.717) is 31.1 Å². The van der Waals surface area contributed by atoms with E-state index in [1.54, 1.807) is 16.8 Å². The van der Waals surface area contributed by atoms with Gasteiger partial charge in [0.1, 0.15) is 0 Å². The van der Waals surface area contributed by atoms with E-state index in [4.69, 9.17) is 4.74 Å². The van der Waals surface area contributed by atoms with Gasteiger partial charge < -0.3 is 20.4 Å². The maximum Gasteiger partial charge on any atom is 0.330 e. The van der Waals surface area contributed by atoms with Crippen LogP contribution in [0.1, 0.15) is 24.1 Å². The summed E-state index contributed by atoms with van der Waals surface area (Å²) in [6.07, 6.45) is 3.35. The number of aromatic nitrogens is 2. The normalized spacial score (nSPS) is 15.5. The number of aromatic amines is 1. The monoisotopic (exact) mass is 406 g/mol. The molecule has 7 nitrogen and oxygen atoms in total. The van der Waals surface area contributed by atoms with Gasteiger partial charge in [0.05, 0.1) is 11.4 Å². The molecule has 1 aromatic heterocycles. The van der Waals surface area contributed by atoms with Crippen LogP contribution in [0.25, 0.3) is 5.69 Å². The van der Waals surface area contributed by atoms with Crippen molar-refractivity contribution in [1.29, 1.82) is 0 Å². The lowest BCUT2D eigenvalue weighted by Crippen LogP contribution is -2.45. The molecule has 0 unspecified atom stereocenters. The van der Waals surface area contributed by atoms with Crippen molar-refractivity contribution in [2.24, 2.45) is 0 Å². The third-order valence-corrected chi connectivity index (χ3v) is 5.78. The fraction of sp³-hybridized carbons (Fsp3) is 0.304. The van der Waals surface area contributed by atoms with Crippen LogP contribution >= 0.6 is 0 Å². The number of hydrogen-bond donors (Lipinski definition) is 3. The van der Waals surface area contributed by atoms with Gasteiger partial charge in [0, 0.05) is 37.1 Å².